The molecule has 0 saturated carbocycles. The van der Waals surface area contributed by atoms with Gasteiger partial charge in [-0.15, -0.1) is 0 Å². The molecule has 9 heteroatoms. The van der Waals surface area contributed by atoms with Crippen molar-refractivity contribution in [1.29, 1.82) is 0 Å². The summed E-state index contributed by atoms with van der Waals surface area (Å²) in [5.41, 5.74) is 4.86. The first-order valence-corrected chi connectivity index (χ1v) is 12.2. The van der Waals surface area contributed by atoms with Gasteiger partial charge in [-0.2, -0.15) is 5.10 Å². The number of H-pyrrole nitrogens is 1. The van der Waals surface area contributed by atoms with Crippen molar-refractivity contribution in [3.8, 4) is 23.0 Å². The second-order valence-corrected chi connectivity index (χ2v) is 9.21. The molecule has 2 N–H and O–H groups in total. The highest BCUT2D eigenvalue weighted by molar-refractivity contribution is 5.94. The molecule has 0 spiro atoms. The van der Waals surface area contributed by atoms with Crippen LogP contribution in [0, 0.1) is 0 Å². The molecule has 2 aliphatic heterocycles. The lowest BCUT2D eigenvalue weighted by molar-refractivity contribution is -0.118. The van der Waals surface area contributed by atoms with Crippen molar-refractivity contribution in [3.05, 3.63) is 71.4 Å². The molecule has 0 radical (unpaired) electrons. The smallest absolute Gasteiger partial charge is 0.238 e. The fraction of sp³-hybridized carbons (Fsp3) is 0.286. The maximum absolute atomic E-state index is 13.2. The van der Waals surface area contributed by atoms with Gasteiger partial charge < -0.3 is 24.3 Å². The van der Waals surface area contributed by atoms with Crippen LogP contribution in [0.5, 0.6) is 23.0 Å². The van der Waals surface area contributed by atoms with Gasteiger partial charge in [0.2, 0.25) is 12.7 Å². The Kier molecular flexibility index (Phi) is 6.05. The molecular weight excluding hydrogens is 472 g/mol. The number of fused-ring (bicyclic) bond motifs is 3. The summed E-state index contributed by atoms with van der Waals surface area (Å²) >= 11 is 0. The average molecular weight is 501 g/mol. The van der Waals surface area contributed by atoms with Gasteiger partial charge in [0.1, 0.15) is 11.5 Å². The number of amides is 1. The number of nitrogens with one attached hydrogen (secondary N) is 2. The van der Waals surface area contributed by atoms with Crippen LogP contribution in [0.2, 0.25) is 0 Å². The van der Waals surface area contributed by atoms with Crippen molar-refractivity contribution in [1.82, 2.24) is 15.1 Å². The van der Waals surface area contributed by atoms with Gasteiger partial charge in [-0.1, -0.05) is 6.07 Å². The lowest BCUT2D eigenvalue weighted by Crippen LogP contribution is -2.41. The van der Waals surface area contributed by atoms with Crippen LogP contribution in [0.4, 0.5) is 5.69 Å². The Hall–Kier alpha value is -4.24. The fourth-order valence-corrected chi connectivity index (χ4v) is 5.32. The first-order chi connectivity index (χ1) is 18.1. The number of benzene rings is 3. The van der Waals surface area contributed by atoms with Gasteiger partial charge in [0.05, 0.1) is 32.5 Å². The predicted molar refractivity (Wildman–Crippen MR) is 139 cm³/mol. The van der Waals surface area contributed by atoms with Crippen molar-refractivity contribution in [3.63, 3.8) is 0 Å². The van der Waals surface area contributed by atoms with Crippen LogP contribution in [0.1, 0.15) is 22.7 Å². The van der Waals surface area contributed by atoms with Crippen LogP contribution >= 0.6 is 0 Å². The molecule has 2 aliphatic rings. The van der Waals surface area contributed by atoms with Gasteiger partial charge in [-0.05, 0) is 60.9 Å². The van der Waals surface area contributed by atoms with Crippen molar-refractivity contribution in [2.75, 3.05) is 39.4 Å². The minimum Gasteiger partial charge on any atom is -0.496 e. The van der Waals surface area contributed by atoms with Gasteiger partial charge in [-0.25, -0.2) is 0 Å². The van der Waals surface area contributed by atoms with Crippen LogP contribution in [0.15, 0.2) is 54.7 Å². The van der Waals surface area contributed by atoms with Gasteiger partial charge in [0, 0.05) is 34.8 Å². The Balaban J connectivity index is 1.31. The standard InChI is InChI=1S/C28H28N4O5/c1-34-23-7-8-25(35-2)28-20(23)9-10-32(22(28)11-17-3-6-24-26(12-17)37-16-36-24)15-27(33)30-19-5-4-18-14-29-31-21(18)13-19/h3-8,12-14,22H,9-11,15-16H2,1-2H3,(H,29,31)(H,30,33). The van der Waals surface area contributed by atoms with Crippen molar-refractivity contribution in [2.45, 2.75) is 18.9 Å². The van der Waals surface area contributed by atoms with Crippen molar-refractivity contribution in [2.24, 2.45) is 0 Å². The van der Waals surface area contributed by atoms with Crippen molar-refractivity contribution >= 4 is 22.5 Å². The second-order valence-electron chi connectivity index (χ2n) is 9.21. The summed E-state index contributed by atoms with van der Waals surface area (Å²) in [6, 6.07) is 15.5. The Bertz CT molecular complexity index is 1470. The maximum atomic E-state index is 13.2. The highest BCUT2D eigenvalue weighted by Gasteiger charge is 2.34. The Labute approximate surface area is 214 Å². The molecule has 0 aliphatic carbocycles. The Morgan fingerprint density at radius 2 is 1.92 bits per heavy atom. The lowest BCUT2D eigenvalue weighted by atomic mass is 9.87. The molecule has 3 heterocycles. The Morgan fingerprint density at radius 1 is 1.08 bits per heavy atom. The monoisotopic (exact) mass is 500 g/mol. The fourth-order valence-electron chi connectivity index (χ4n) is 5.32. The molecule has 6 rings (SSSR count). The molecule has 3 aromatic carbocycles. The molecule has 190 valence electrons. The largest absolute Gasteiger partial charge is 0.496 e. The molecule has 1 unspecified atom stereocenters. The minimum absolute atomic E-state index is 0.0835. The van der Waals surface area contributed by atoms with E-state index in [1.807, 2.05) is 48.5 Å². The molecule has 0 fully saturated rings. The minimum atomic E-state index is -0.102. The molecule has 1 amide bonds. The summed E-state index contributed by atoms with van der Waals surface area (Å²) in [7, 11) is 3.36. The number of hydrogen-bond acceptors (Lipinski definition) is 7. The second kappa shape index (κ2) is 9.67. The number of carbonyl (C=O) groups is 1. The number of hydrogen-bond donors (Lipinski definition) is 2. The van der Waals surface area contributed by atoms with E-state index in [2.05, 4.69) is 20.4 Å². The summed E-state index contributed by atoms with van der Waals surface area (Å²) in [4.78, 5) is 15.4. The molecule has 9 nitrogen and oxygen atoms in total. The van der Waals surface area contributed by atoms with Crippen LogP contribution in [-0.4, -0.2) is 55.1 Å². The number of rotatable bonds is 7. The van der Waals surface area contributed by atoms with E-state index in [9.17, 15) is 4.79 Å². The normalized spacial score (nSPS) is 16.4. The molecule has 37 heavy (non-hydrogen) atoms. The van der Waals surface area contributed by atoms with E-state index in [0.29, 0.717) is 13.0 Å². The zero-order chi connectivity index (χ0) is 25.4. The highest BCUT2D eigenvalue weighted by atomic mass is 16.7. The van der Waals surface area contributed by atoms with E-state index in [1.165, 1.54) is 0 Å². The number of aromatic nitrogens is 2. The van der Waals surface area contributed by atoms with Crippen LogP contribution in [-0.2, 0) is 17.6 Å². The molecule has 0 bridgehead atoms. The predicted octanol–water partition coefficient (Wildman–Crippen LogP) is 4.09. The van der Waals surface area contributed by atoms with E-state index in [1.54, 1.807) is 20.4 Å². The summed E-state index contributed by atoms with van der Waals surface area (Å²) in [6.07, 6.45) is 3.18. The third kappa shape index (κ3) is 4.42. The van der Waals surface area contributed by atoms with Gasteiger partial charge >= 0.3 is 0 Å². The van der Waals surface area contributed by atoms with Crippen LogP contribution in [0.3, 0.4) is 0 Å². The number of carbonyl (C=O) groups excluding carboxylic acids is 1. The Morgan fingerprint density at radius 3 is 2.78 bits per heavy atom. The molecule has 0 saturated heterocycles. The molecular formula is C28H28N4O5. The number of ether oxygens (including phenoxy) is 4. The van der Waals surface area contributed by atoms with Gasteiger partial charge in [0.25, 0.3) is 0 Å². The number of anilines is 1. The summed E-state index contributed by atoms with van der Waals surface area (Å²) < 4.78 is 22.6. The zero-order valence-electron chi connectivity index (χ0n) is 20.7. The first-order valence-electron chi connectivity index (χ1n) is 12.2. The summed E-state index contributed by atoms with van der Waals surface area (Å²) in [6.45, 7) is 1.17. The molecule has 1 atom stereocenters. The number of nitrogens with zero attached hydrogens (tertiary/aromatic N) is 2. The lowest BCUT2D eigenvalue weighted by Gasteiger charge is -2.38. The van der Waals surface area contributed by atoms with E-state index in [0.717, 1.165) is 62.7 Å². The van der Waals surface area contributed by atoms with Crippen LogP contribution < -0.4 is 24.3 Å². The summed E-state index contributed by atoms with van der Waals surface area (Å²) in [5.74, 6) is 3.03. The van der Waals surface area contributed by atoms with E-state index in [-0.39, 0.29) is 25.3 Å². The maximum Gasteiger partial charge on any atom is 0.238 e. The third-order valence-corrected chi connectivity index (χ3v) is 7.08. The van der Waals surface area contributed by atoms with E-state index >= 15 is 0 Å². The number of methoxy groups -OCH3 is 2. The molecule has 1 aromatic heterocycles. The van der Waals surface area contributed by atoms with E-state index < -0.39 is 0 Å². The zero-order valence-corrected chi connectivity index (χ0v) is 20.7. The topological polar surface area (TPSA) is 97.9 Å². The SMILES string of the molecule is COc1ccc(OC)c2c1CCN(CC(=O)Nc1ccc3cn[nH]c3c1)C2Cc1ccc2c(c1)OCO2. The molecule has 4 aromatic rings. The summed E-state index contributed by atoms with van der Waals surface area (Å²) in [5, 5.41) is 11.0. The van der Waals surface area contributed by atoms with E-state index in [4.69, 9.17) is 18.9 Å². The van der Waals surface area contributed by atoms with Gasteiger partial charge in [0.15, 0.2) is 11.5 Å². The van der Waals surface area contributed by atoms with Crippen molar-refractivity contribution < 1.29 is 23.7 Å². The average Bonchev–Trinajstić information content (AvgIpc) is 3.58. The highest BCUT2D eigenvalue weighted by Crippen LogP contribution is 2.43. The van der Waals surface area contributed by atoms with Crippen LogP contribution in [0.25, 0.3) is 10.9 Å². The number of aromatic amines is 1. The van der Waals surface area contributed by atoms with Gasteiger partial charge in [-0.3, -0.25) is 14.8 Å². The quantitative estimate of drug-likeness (QED) is 0.394. The first kappa shape index (κ1) is 23.2. The third-order valence-electron chi connectivity index (χ3n) is 7.08.